The first kappa shape index (κ1) is 51.2. The topological polar surface area (TPSA) is 111 Å². The molecule has 0 aliphatic carbocycles. The number of quaternary nitrogens is 1. The Balaban J connectivity index is 4.41. The highest BCUT2D eigenvalue weighted by Gasteiger charge is 2.21. The molecule has 0 amide bonds. The number of hydrogen-bond acceptors (Lipinski definition) is 8. The highest BCUT2D eigenvalue weighted by Crippen LogP contribution is 2.38. The van der Waals surface area contributed by atoms with Gasteiger partial charge in [0.2, 0.25) is 0 Å². The van der Waals surface area contributed by atoms with E-state index in [1.54, 1.807) is 0 Å². The lowest BCUT2D eigenvalue weighted by Gasteiger charge is -2.28. The van der Waals surface area contributed by atoms with Crippen LogP contribution in [0.5, 0.6) is 0 Å². The molecular formula is C43H80NO8P. The number of allylic oxidation sites excluding steroid dienone is 6. The van der Waals surface area contributed by atoms with Gasteiger partial charge in [-0.1, -0.05) is 134 Å². The molecule has 2 atom stereocenters. The fourth-order valence-electron chi connectivity index (χ4n) is 5.49. The van der Waals surface area contributed by atoms with Crippen LogP contribution >= 0.6 is 7.82 Å². The van der Waals surface area contributed by atoms with Crippen molar-refractivity contribution in [2.45, 2.75) is 180 Å². The molecule has 0 radical (unpaired) electrons. The van der Waals surface area contributed by atoms with Crippen LogP contribution in [0.15, 0.2) is 36.5 Å². The molecular weight excluding hydrogens is 689 g/mol. The second kappa shape index (κ2) is 35.9. The molecule has 9 nitrogen and oxygen atoms in total. The van der Waals surface area contributed by atoms with Crippen molar-refractivity contribution >= 4 is 19.8 Å². The summed E-state index contributed by atoms with van der Waals surface area (Å²) in [4.78, 5) is 37.4. The third-order valence-corrected chi connectivity index (χ3v) is 9.85. The van der Waals surface area contributed by atoms with E-state index in [0.717, 1.165) is 77.0 Å². The van der Waals surface area contributed by atoms with E-state index in [0.29, 0.717) is 17.4 Å². The van der Waals surface area contributed by atoms with Crippen LogP contribution in [0, 0.1) is 0 Å². The van der Waals surface area contributed by atoms with Crippen LogP contribution in [0.2, 0.25) is 0 Å². The van der Waals surface area contributed by atoms with Gasteiger partial charge in [0.25, 0.3) is 7.82 Å². The summed E-state index contributed by atoms with van der Waals surface area (Å²) < 4.78 is 33.8. The molecule has 0 aliphatic rings. The minimum Gasteiger partial charge on any atom is -0.756 e. The second-order valence-corrected chi connectivity index (χ2v) is 16.8. The SMILES string of the molecule is CCCC/C=C/C/C=C/CCCCCCCC(=O)O[C@H](COC(=O)CCCCCCCCC/C=C/CCCCCC)COP(=O)([O-])OCC[N+](C)(C)C. The zero-order valence-electron chi connectivity index (χ0n) is 34.7. The summed E-state index contributed by atoms with van der Waals surface area (Å²) in [5, 5.41) is 0. The molecule has 0 aromatic carbocycles. The second-order valence-electron chi connectivity index (χ2n) is 15.3. The predicted octanol–water partition coefficient (Wildman–Crippen LogP) is 11.1. The molecule has 0 spiro atoms. The lowest BCUT2D eigenvalue weighted by Crippen LogP contribution is -2.37. The molecule has 10 heteroatoms. The molecule has 0 saturated carbocycles. The zero-order chi connectivity index (χ0) is 39.3. The summed E-state index contributed by atoms with van der Waals surface area (Å²) >= 11 is 0. The molecule has 0 N–H and O–H groups in total. The average Bonchev–Trinajstić information content (AvgIpc) is 3.10. The van der Waals surface area contributed by atoms with Crippen LogP contribution in [0.25, 0.3) is 0 Å². The van der Waals surface area contributed by atoms with Gasteiger partial charge in [0, 0.05) is 12.8 Å². The molecule has 0 heterocycles. The summed E-state index contributed by atoms with van der Waals surface area (Å²) in [7, 11) is 1.15. The predicted molar refractivity (Wildman–Crippen MR) is 217 cm³/mol. The van der Waals surface area contributed by atoms with Crippen molar-refractivity contribution in [3.8, 4) is 0 Å². The van der Waals surface area contributed by atoms with Gasteiger partial charge >= 0.3 is 11.9 Å². The molecule has 0 aromatic heterocycles. The minimum atomic E-state index is -4.63. The van der Waals surface area contributed by atoms with Crippen LogP contribution in [0.1, 0.15) is 174 Å². The Kier molecular flexibility index (Phi) is 34.7. The van der Waals surface area contributed by atoms with E-state index in [1.807, 2.05) is 21.1 Å². The summed E-state index contributed by atoms with van der Waals surface area (Å²) in [5.41, 5.74) is 0. The molecule has 0 aliphatic heterocycles. The zero-order valence-corrected chi connectivity index (χ0v) is 35.6. The number of rotatable bonds is 38. The van der Waals surface area contributed by atoms with Gasteiger partial charge in [0.15, 0.2) is 6.10 Å². The summed E-state index contributed by atoms with van der Waals surface area (Å²) in [5.74, 6) is -0.856. The number of phosphoric acid groups is 1. The van der Waals surface area contributed by atoms with Gasteiger partial charge in [-0.15, -0.1) is 0 Å². The summed E-state index contributed by atoms with van der Waals surface area (Å²) in [6.07, 6.45) is 38.8. The first-order valence-corrected chi connectivity index (χ1v) is 22.7. The maximum Gasteiger partial charge on any atom is 0.306 e. The fraction of sp³-hybridized carbons (Fsp3) is 0.814. The fourth-order valence-corrected chi connectivity index (χ4v) is 6.22. The normalized spacial score (nSPS) is 14.0. The molecule has 0 aromatic rings. The number of nitrogens with zero attached hydrogens (tertiary/aromatic N) is 1. The molecule has 0 fully saturated rings. The third-order valence-electron chi connectivity index (χ3n) is 8.88. The Labute approximate surface area is 325 Å². The maximum atomic E-state index is 12.6. The molecule has 310 valence electrons. The third kappa shape index (κ3) is 39.7. The van der Waals surface area contributed by atoms with E-state index in [-0.39, 0.29) is 26.1 Å². The highest BCUT2D eigenvalue weighted by molar-refractivity contribution is 7.45. The van der Waals surface area contributed by atoms with E-state index < -0.39 is 32.5 Å². The number of phosphoric ester groups is 1. The van der Waals surface area contributed by atoms with Gasteiger partial charge in [-0.2, -0.15) is 0 Å². The molecule has 0 rings (SSSR count). The van der Waals surface area contributed by atoms with E-state index >= 15 is 0 Å². The lowest BCUT2D eigenvalue weighted by atomic mass is 10.1. The Hall–Kier alpha value is -1.77. The van der Waals surface area contributed by atoms with E-state index in [9.17, 15) is 19.0 Å². The first-order valence-electron chi connectivity index (χ1n) is 21.2. The van der Waals surface area contributed by atoms with Crippen LogP contribution < -0.4 is 4.89 Å². The number of carbonyl (C=O) groups excluding carboxylic acids is 2. The maximum absolute atomic E-state index is 12.6. The van der Waals surface area contributed by atoms with Crippen molar-refractivity contribution in [3.63, 3.8) is 0 Å². The Morgan fingerprint density at radius 2 is 1.04 bits per heavy atom. The number of ether oxygens (including phenoxy) is 2. The number of unbranched alkanes of at least 4 members (excludes halogenated alkanes) is 18. The minimum absolute atomic E-state index is 0.0347. The van der Waals surface area contributed by atoms with Crippen LogP contribution in [0.3, 0.4) is 0 Å². The van der Waals surface area contributed by atoms with Gasteiger partial charge in [-0.3, -0.25) is 14.2 Å². The van der Waals surface area contributed by atoms with Gasteiger partial charge in [-0.25, -0.2) is 0 Å². The van der Waals surface area contributed by atoms with Gasteiger partial charge in [-0.05, 0) is 64.2 Å². The highest BCUT2D eigenvalue weighted by atomic mass is 31.2. The number of likely N-dealkylation sites (N-methyl/N-ethyl adjacent to an activating group) is 1. The van der Waals surface area contributed by atoms with E-state index in [4.69, 9.17) is 18.5 Å². The first-order chi connectivity index (χ1) is 25.5. The molecule has 0 bridgehead atoms. The Morgan fingerprint density at radius 1 is 0.585 bits per heavy atom. The van der Waals surface area contributed by atoms with E-state index in [1.165, 1.54) is 64.2 Å². The summed E-state index contributed by atoms with van der Waals surface area (Å²) in [6, 6.07) is 0. The van der Waals surface area contributed by atoms with Crippen molar-refractivity contribution in [2.75, 3.05) is 47.5 Å². The largest absolute Gasteiger partial charge is 0.756 e. The average molecular weight is 770 g/mol. The number of esters is 2. The summed E-state index contributed by atoms with van der Waals surface area (Å²) in [6.45, 7) is 4.14. The van der Waals surface area contributed by atoms with Crippen molar-refractivity contribution in [2.24, 2.45) is 0 Å². The monoisotopic (exact) mass is 770 g/mol. The number of carbonyl (C=O) groups is 2. The van der Waals surface area contributed by atoms with Crippen molar-refractivity contribution < 1.29 is 42.1 Å². The van der Waals surface area contributed by atoms with Crippen molar-refractivity contribution in [1.82, 2.24) is 0 Å². The van der Waals surface area contributed by atoms with Gasteiger partial charge in [0.05, 0.1) is 27.7 Å². The van der Waals surface area contributed by atoms with Crippen LogP contribution in [-0.2, 0) is 32.7 Å². The molecule has 1 unspecified atom stereocenters. The number of hydrogen-bond donors (Lipinski definition) is 0. The van der Waals surface area contributed by atoms with E-state index in [2.05, 4.69) is 50.3 Å². The Morgan fingerprint density at radius 3 is 1.57 bits per heavy atom. The van der Waals surface area contributed by atoms with Crippen LogP contribution in [0.4, 0.5) is 0 Å². The molecule has 53 heavy (non-hydrogen) atoms. The lowest BCUT2D eigenvalue weighted by molar-refractivity contribution is -0.870. The van der Waals surface area contributed by atoms with Gasteiger partial charge < -0.3 is 27.9 Å². The van der Waals surface area contributed by atoms with Crippen molar-refractivity contribution in [3.05, 3.63) is 36.5 Å². The smallest absolute Gasteiger partial charge is 0.306 e. The quantitative estimate of drug-likeness (QED) is 0.0201. The standard InChI is InChI=1S/C43H80NO8P/c1-6-8-10-12-14-16-18-20-22-24-25-27-29-31-33-35-42(45)49-39-41(40-51-53(47,48)50-38-37-44(3,4)5)52-43(46)36-34-32-30-28-26-23-21-19-17-15-13-11-9-7-2/h13,15-16,18-19,21,41H,6-12,14,17,20,22-40H2,1-5H3/b15-13+,18-16+,21-19+/t41-/m1/s1. The molecule has 0 saturated heterocycles. The van der Waals surface area contributed by atoms with Crippen molar-refractivity contribution in [1.29, 1.82) is 0 Å². The van der Waals surface area contributed by atoms with Gasteiger partial charge in [0.1, 0.15) is 19.8 Å². The Bertz CT molecular complexity index is 1010. The van der Waals surface area contributed by atoms with Crippen LogP contribution in [-0.4, -0.2) is 70.0 Å².